The van der Waals surface area contributed by atoms with E-state index in [1.807, 2.05) is 6.07 Å². The molecule has 0 saturated carbocycles. The maximum atomic E-state index is 11.1. The fraction of sp³-hybridized carbons (Fsp3) is 0.250. The lowest BCUT2D eigenvalue weighted by Crippen LogP contribution is -2.40. The number of rotatable bonds is 4. The van der Waals surface area contributed by atoms with E-state index >= 15 is 0 Å². The number of amides is 1. The van der Waals surface area contributed by atoms with Crippen molar-refractivity contribution in [2.24, 2.45) is 0 Å². The summed E-state index contributed by atoms with van der Waals surface area (Å²) in [7, 11) is -4.29. The topological polar surface area (TPSA) is 103 Å². The van der Waals surface area contributed by atoms with Gasteiger partial charge in [0.25, 0.3) is 0 Å². The van der Waals surface area contributed by atoms with Gasteiger partial charge in [-0.05, 0) is 6.07 Å². The van der Waals surface area contributed by atoms with Gasteiger partial charge >= 0.3 is 0 Å². The van der Waals surface area contributed by atoms with Crippen molar-refractivity contribution in [3.05, 3.63) is 30.5 Å². The molecule has 0 bridgehead atoms. The summed E-state index contributed by atoms with van der Waals surface area (Å²) in [6, 6.07) is 7.04. The van der Waals surface area contributed by atoms with Gasteiger partial charge in [-0.3, -0.25) is 4.79 Å². The average molecular weight is 295 g/mol. The van der Waals surface area contributed by atoms with E-state index in [9.17, 15) is 17.8 Å². The quantitative estimate of drug-likeness (QED) is 0.633. The Kier molecular flexibility index (Phi) is 3.96. The number of hydrogen-bond donors (Lipinski definition) is 1. The maximum absolute atomic E-state index is 11.1. The lowest BCUT2D eigenvalue weighted by molar-refractivity contribution is -0.747. The van der Waals surface area contributed by atoms with Crippen LogP contribution < -0.4 is 10.00 Å². The van der Waals surface area contributed by atoms with Gasteiger partial charge in [-0.15, -0.1) is 0 Å². The second kappa shape index (κ2) is 5.51. The first-order valence-corrected chi connectivity index (χ1v) is 7.43. The van der Waals surface area contributed by atoms with Gasteiger partial charge in [0.1, 0.15) is 10.1 Å². The number of nitrogens with one attached hydrogen (secondary N) is 1. The van der Waals surface area contributed by atoms with Gasteiger partial charge in [0, 0.05) is 23.5 Å². The molecule has 0 radical (unpaired) electrons. The molecule has 1 heterocycles. The molecule has 0 aliphatic carbocycles. The standard InChI is InChI=1S/C12H13N3O4S/c1-9(16)13-11-4-2-3-10-5-6-15(14-12(10)11)7-8-20(17,18)19/h2-6H,7-8H2,1H3,(H,17,18,19). The van der Waals surface area contributed by atoms with Crippen LogP contribution in [0.15, 0.2) is 30.5 Å². The van der Waals surface area contributed by atoms with Crippen LogP contribution in [-0.2, 0) is 21.5 Å². The summed E-state index contributed by atoms with van der Waals surface area (Å²) < 4.78 is 33.2. The number of benzene rings is 1. The number of nitrogens with zero attached hydrogens (tertiary/aromatic N) is 2. The third-order valence-corrected chi connectivity index (χ3v) is 3.29. The molecule has 0 unspecified atom stereocenters. The van der Waals surface area contributed by atoms with Gasteiger partial charge in [-0.25, -0.2) is 8.42 Å². The predicted molar refractivity (Wildman–Crippen MR) is 70.8 cm³/mol. The van der Waals surface area contributed by atoms with Gasteiger partial charge in [-0.1, -0.05) is 16.8 Å². The Morgan fingerprint density at radius 2 is 2.15 bits per heavy atom. The molecule has 0 spiro atoms. The van der Waals surface area contributed by atoms with Crippen molar-refractivity contribution < 1.29 is 22.4 Å². The minimum Gasteiger partial charge on any atom is -0.748 e. The van der Waals surface area contributed by atoms with E-state index in [1.165, 1.54) is 11.6 Å². The molecule has 2 aromatic rings. The maximum Gasteiger partial charge on any atom is 0.221 e. The van der Waals surface area contributed by atoms with Crippen LogP contribution in [0.2, 0.25) is 0 Å². The summed E-state index contributed by atoms with van der Waals surface area (Å²) in [6.45, 7) is 1.36. The van der Waals surface area contributed by atoms with E-state index in [4.69, 9.17) is 0 Å². The van der Waals surface area contributed by atoms with Gasteiger partial charge in [0.05, 0.1) is 11.4 Å². The molecule has 8 heteroatoms. The smallest absolute Gasteiger partial charge is 0.221 e. The largest absolute Gasteiger partial charge is 0.748 e. The minimum atomic E-state index is -4.29. The third-order valence-electron chi connectivity index (χ3n) is 2.60. The Bertz CT molecular complexity index is 758. The van der Waals surface area contributed by atoms with Crippen LogP contribution in [0.5, 0.6) is 0 Å². The van der Waals surface area contributed by atoms with Crippen molar-refractivity contribution in [2.45, 2.75) is 13.5 Å². The van der Waals surface area contributed by atoms with Gasteiger partial charge in [-0.2, -0.15) is 0 Å². The van der Waals surface area contributed by atoms with E-state index in [0.29, 0.717) is 11.2 Å². The molecular weight excluding hydrogens is 282 g/mol. The summed E-state index contributed by atoms with van der Waals surface area (Å²) in [6.07, 6.45) is 1.59. The van der Waals surface area contributed by atoms with Crippen molar-refractivity contribution in [1.82, 2.24) is 5.10 Å². The molecule has 0 fully saturated rings. The second-order valence-electron chi connectivity index (χ2n) is 4.27. The van der Waals surface area contributed by atoms with Crippen LogP contribution >= 0.6 is 0 Å². The van der Waals surface area contributed by atoms with Crippen LogP contribution in [-0.4, -0.2) is 29.7 Å². The number of anilines is 1. The van der Waals surface area contributed by atoms with Crippen LogP contribution in [0.25, 0.3) is 10.9 Å². The first-order valence-electron chi connectivity index (χ1n) is 5.86. The molecule has 1 aromatic carbocycles. The second-order valence-corrected chi connectivity index (χ2v) is 5.79. The van der Waals surface area contributed by atoms with E-state index in [1.54, 1.807) is 24.4 Å². The van der Waals surface area contributed by atoms with Crippen LogP contribution in [0.4, 0.5) is 5.69 Å². The number of hydrogen-bond acceptors (Lipinski definition) is 5. The van der Waals surface area contributed by atoms with E-state index in [-0.39, 0.29) is 12.5 Å². The van der Waals surface area contributed by atoms with Crippen molar-refractivity contribution in [3.63, 3.8) is 0 Å². The Balaban J connectivity index is 2.38. The molecule has 7 nitrogen and oxygen atoms in total. The Labute approximate surface area is 116 Å². The zero-order valence-corrected chi connectivity index (χ0v) is 11.6. The fourth-order valence-electron chi connectivity index (χ4n) is 1.76. The highest BCUT2D eigenvalue weighted by molar-refractivity contribution is 7.85. The molecular formula is C12H13N3O4S. The van der Waals surface area contributed by atoms with E-state index in [2.05, 4.69) is 10.4 Å². The third kappa shape index (κ3) is 3.72. The predicted octanol–water partition coefficient (Wildman–Crippen LogP) is 0.0259. The summed E-state index contributed by atoms with van der Waals surface area (Å²) in [5, 5.41) is 7.69. The van der Waals surface area contributed by atoms with Crippen LogP contribution in [0.3, 0.4) is 0 Å². The SMILES string of the molecule is CC(=O)Nc1cccc2cc[n+](CCS(=O)(=O)[O-])nc12. The van der Waals surface area contributed by atoms with Crippen LogP contribution in [0.1, 0.15) is 6.92 Å². The molecule has 106 valence electrons. The zero-order chi connectivity index (χ0) is 14.8. The molecule has 0 saturated heterocycles. The first-order chi connectivity index (χ1) is 9.35. The number of carbonyl (C=O) groups is 1. The first kappa shape index (κ1) is 14.4. The fourth-order valence-corrected chi connectivity index (χ4v) is 2.17. The molecule has 1 aromatic heterocycles. The van der Waals surface area contributed by atoms with Crippen molar-refractivity contribution in [2.75, 3.05) is 11.1 Å². The molecule has 1 amide bonds. The zero-order valence-electron chi connectivity index (χ0n) is 10.7. The molecule has 0 aliphatic heterocycles. The van der Waals surface area contributed by atoms with Crippen LogP contribution in [0, 0.1) is 0 Å². The summed E-state index contributed by atoms with van der Waals surface area (Å²) >= 11 is 0. The van der Waals surface area contributed by atoms with E-state index in [0.717, 1.165) is 5.39 Å². The highest BCUT2D eigenvalue weighted by Gasteiger charge is 2.11. The van der Waals surface area contributed by atoms with Gasteiger partial charge in [0.15, 0.2) is 18.3 Å². The lowest BCUT2D eigenvalue weighted by Gasteiger charge is -2.05. The normalized spacial score (nSPS) is 11.5. The van der Waals surface area contributed by atoms with Crippen molar-refractivity contribution in [1.29, 1.82) is 0 Å². The number of aryl methyl sites for hydroxylation is 1. The molecule has 20 heavy (non-hydrogen) atoms. The molecule has 0 aliphatic rings. The van der Waals surface area contributed by atoms with E-state index < -0.39 is 15.9 Å². The summed E-state index contributed by atoms with van der Waals surface area (Å²) in [5.74, 6) is -0.754. The minimum absolute atomic E-state index is 0.0316. The number of carbonyl (C=O) groups excluding carboxylic acids is 1. The lowest BCUT2D eigenvalue weighted by atomic mass is 10.2. The summed E-state index contributed by atoms with van der Waals surface area (Å²) in [5.41, 5.74) is 1.07. The summed E-state index contributed by atoms with van der Waals surface area (Å²) in [4.78, 5) is 11.1. The highest BCUT2D eigenvalue weighted by atomic mass is 32.2. The highest BCUT2D eigenvalue weighted by Crippen LogP contribution is 2.19. The van der Waals surface area contributed by atoms with Crippen molar-refractivity contribution >= 4 is 32.6 Å². The molecule has 0 atom stereocenters. The van der Waals surface area contributed by atoms with Gasteiger partial charge in [0.2, 0.25) is 5.91 Å². The number of fused-ring (bicyclic) bond motifs is 1. The average Bonchev–Trinajstić information content (AvgIpc) is 2.35. The Hall–Kier alpha value is -2.06. The Morgan fingerprint density at radius 3 is 2.80 bits per heavy atom. The molecule has 1 N–H and O–H groups in total. The van der Waals surface area contributed by atoms with Gasteiger partial charge < -0.3 is 9.87 Å². The Morgan fingerprint density at radius 1 is 1.40 bits per heavy atom. The monoisotopic (exact) mass is 295 g/mol. The number of aromatic nitrogens is 2. The van der Waals surface area contributed by atoms with Crippen molar-refractivity contribution in [3.8, 4) is 0 Å². The molecule has 2 rings (SSSR count).